The Bertz CT molecular complexity index is 446. The van der Waals surface area contributed by atoms with Gasteiger partial charge in [0.1, 0.15) is 6.54 Å². The highest BCUT2D eigenvalue weighted by Gasteiger charge is 2.07. The smallest absolute Gasteiger partial charge is 0.191 e. The Balaban J connectivity index is 2.31. The number of hydrogen-bond donors (Lipinski definition) is 2. The van der Waals surface area contributed by atoms with E-state index in [2.05, 4.69) is 34.6 Å². The van der Waals surface area contributed by atoms with Gasteiger partial charge in [-0.3, -0.25) is 0 Å². The van der Waals surface area contributed by atoms with E-state index in [4.69, 9.17) is 14.0 Å². The van der Waals surface area contributed by atoms with Gasteiger partial charge in [-0.25, -0.2) is 4.99 Å². The molecule has 0 atom stereocenters. The third-order valence-corrected chi connectivity index (χ3v) is 3.10. The van der Waals surface area contributed by atoms with E-state index < -0.39 is 0 Å². The Labute approximate surface area is 138 Å². The number of methoxy groups -OCH3 is 1. The van der Waals surface area contributed by atoms with E-state index in [0.717, 1.165) is 36.9 Å². The molecule has 1 aromatic heterocycles. The van der Waals surface area contributed by atoms with Gasteiger partial charge in [0.05, 0.1) is 18.9 Å². The first kappa shape index (κ1) is 19.4. The van der Waals surface area contributed by atoms with Crippen molar-refractivity contribution >= 4 is 5.96 Å². The number of nitrogens with zero attached hydrogens (tertiary/aromatic N) is 2. The molecule has 0 amide bonds. The number of ether oxygens (including phenoxy) is 2. The molecule has 1 rings (SSSR count). The van der Waals surface area contributed by atoms with Gasteiger partial charge in [-0.2, -0.15) is 0 Å². The van der Waals surface area contributed by atoms with Crippen LogP contribution in [0.4, 0.5) is 0 Å². The average Bonchev–Trinajstić information content (AvgIpc) is 3.01. The molecule has 0 radical (unpaired) electrons. The highest BCUT2D eigenvalue weighted by molar-refractivity contribution is 5.79. The van der Waals surface area contributed by atoms with Crippen molar-refractivity contribution in [1.29, 1.82) is 0 Å². The molecule has 0 aromatic carbocycles. The quantitative estimate of drug-likeness (QED) is 0.367. The van der Waals surface area contributed by atoms with E-state index >= 15 is 0 Å². The minimum absolute atomic E-state index is 0.362. The fraction of sp³-hybridized carbons (Fsp3) is 0.750. The van der Waals surface area contributed by atoms with Crippen LogP contribution in [0.2, 0.25) is 0 Å². The van der Waals surface area contributed by atoms with Crippen LogP contribution in [-0.2, 0) is 16.0 Å². The fourth-order valence-electron chi connectivity index (χ4n) is 1.80. The predicted octanol–water partition coefficient (Wildman–Crippen LogP) is 1.91. The Kier molecular flexibility index (Phi) is 10.1. The molecule has 0 aliphatic rings. The first-order valence-corrected chi connectivity index (χ1v) is 8.21. The van der Waals surface area contributed by atoms with Gasteiger partial charge >= 0.3 is 0 Å². The molecule has 1 heterocycles. The summed E-state index contributed by atoms with van der Waals surface area (Å²) in [5.41, 5.74) is 0.960. The van der Waals surface area contributed by atoms with Crippen molar-refractivity contribution < 1.29 is 14.0 Å². The average molecular weight is 326 g/mol. The van der Waals surface area contributed by atoms with Gasteiger partial charge in [-0.1, -0.05) is 19.0 Å². The Morgan fingerprint density at radius 3 is 2.78 bits per heavy atom. The maximum atomic E-state index is 5.42. The maximum absolute atomic E-state index is 5.42. The highest BCUT2D eigenvalue weighted by Crippen LogP contribution is 2.14. The van der Waals surface area contributed by atoms with Gasteiger partial charge < -0.3 is 24.6 Å². The van der Waals surface area contributed by atoms with Crippen molar-refractivity contribution in [2.24, 2.45) is 4.99 Å². The topological polar surface area (TPSA) is 80.9 Å². The SMILES string of the molecule is CCNC(=NCc1cc(C(C)C)no1)NCCCOCCOC. The van der Waals surface area contributed by atoms with Crippen LogP contribution in [-0.4, -0.2) is 51.1 Å². The third-order valence-electron chi connectivity index (χ3n) is 3.10. The summed E-state index contributed by atoms with van der Waals surface area (Å²) in [6, 6.07) is 1.96. The zero-order valence-electron chi connectivity index (χ0n) is 14.7. The molecule has 1 aromatic rings. The molecule has 132 valence electrons. The largest absolute Gasteiger partial charge is 0.382 e. The summed E-state index contributed by atoms with van der Waals surface area (Å²) in [5.74, 6) is 1.90. The van der Waals surface area contributed by atoms with Crippen LogP contribution in [0.5, 0.6) is 0 Å². The second-order valence-electron chi connectivity index (χ2n) is 5.45. The highest BCUT2D eigenvalue weighted by atomic mass is 16.5. The van der Waals surface area contributed by atoms with Crippen molar-refractivity contribution in [1.82, 2.24) is 15.8 Å². The molecule has 0 aliphatic heterocycles. The molecule has 0 spiro atoms. The van der Waals surface area contributed by atoms with E-state index in [0.29, 0.717) is 32.3 Å². The predicted molar refractivity (Wildman–Crippen MR) is 90.7 cm³/mol. The number of aromatic nitrogens is 1. The number of nitrogens with one attached hydrogen (secondary N) is 2. The zero-order chi connectivity index (χ0) is 16.9. The van der Waals surface area contributed by atoms with Crippen LogP contribution in [0.1, 0.15) is 44.6 Å². The van der Waals surface area contributed by atoms with Crippen molar-refractivity contribution in [3.8, 4) is 0 Å². The molecule has 7 heteroatoms. The lowest BCUT2D eigenvalue weighted by Crippen LogP contribution is -2.38. The lowest BCUT2D eigenvalue weighted by molar-refractivity contribution is 0.0698. The molecule has 7 nitrogen and oxygen atoms in total. The Morgan fingerprint density at radius 1 is 1.30 bits per heavy atom. The van der Waals surface area contributed by atoms with E-state index in [-0.39, 0.29) is 0 Å². The van der Waals surface area contributed by atoms with E-state index in [1.807, 2.05) is 13.0 Å². The van der Waals surface area contributed by atoms with Crippen LogP contribution in [0.25, 0.3) is 0 Å². The number of rotatable bonds is 11. The Hall–Kier alpha value is -1.60. The second kappa shape index (κ2) is 11.9. The second-order valence-corrected chi connectivity index (χ2v) is 5.45. The van der Waals surface area contributed by atoms with Gasteiger partial charge in [0.2, 0.25) is 0 Å². The van der Waals surface area contributed by atoms with Crippen molar-refractivity contribution in [3.05, 3.63) is 17.5 Å². The first-order chi connectivity index (χ1) is 11.2. The Morgan fingerprint density at radius 2 is 2.13 bits per heavy atom. The first-order valence-electron chi connectivity index (χ1n) is 8.21. The summed E-state index contributed by atoms with van der Waals surface area (Å²) < 4.78 is 15.6. The summed E-state index contributed by atoms with van der Waals surface area (Å²) in [6.45, 7) is 10.3. The van der Waals surface area contributed by atoms with Gasteiger partial charge in [0, 0.05) is 32.9 Å². The summed E-state index contributed by atoms with van der Waals surface area (Å²) >= 11 is 0. The normalized spacial score (nSPS) is 12.0. The maximum Gasteiger partial charge on any atom is 0.191 e. The minimum atomic E-state index is 0.362. The minimum Gasteiger partial charge on any atom is -0.382 e. The molecular weight excluding hydrogens is 296 g/mol. The van der Waals surface area contributed by atoms with Crippen molar-refractivity contribution in [2.75, 3.05) is 40.0 Å². The van der Waals surface area contributed by atoms with E-state index in [9.17, 15) is 0 Å². The van der Waals surface area contributed by atoms with Crippen LogP contribution >= 0.6 is 0 Å². The standard InChI is InChI=1S/C16H30N4O3/c1-5-17-16(18-7-6-8-22-10-9-21-4)19-12-14-11-15(13(2)3)20-23-14/h11,13H,5-10,12H2,1-4H3,(H2,17,18,19). The molecule has 2 N–H and O–H groups in total. The van der Waals surface area contributed by atoms with E-state index in [1.54, 1.807) is 7.11 Å². The van der Waals surface area contributed by atoms with Gasteiger partial charge in [-0.05, 0) is 19.3 Å². The molecule has 0 unspecified atom stereocenters. The van der Waals surface area contributed by atoms with Crippen LogP contribution in [0.3, 0.4) is 0 Å². The van der Waals surface area contributed by atoms with Gasteiger partial charge in [-0.15, -0.1) is 0 Å². The lowest BCUT2D eigenvalue weighted by atomic mass is 10.1. The summed E-state index contributed by atoms with van der Waals surface area (Å²) in [5, 5.41) is 10.5. The number of hydrogen-bond acceptors (Lipinski definition) is 5. The summed E-state index contributed by atoms with van der Waals surface area (Å²) in [7, 11) is 1.67. The lowest BCUT2D eigenvalue weighted by Gasteiger charge is -2.10. The van der Waals surface area contributed by atoms with Crippen LogP contribution in [0, 0.1) is 0 Å². The van der Waals surface area contributed by atoms with Crippen molar-refractivity contribution in [3.63, 3.8) is 0 Å². The number of guanidine groups is 1. The molecule has 0 bridgehead atoms. The molecule has 0 saturated heterocycles. The summed E-state index contributed by atoms with van der Waals surface area (Å²) in [6.07, 6.45) is 0.911. The zero-order valence-corrected chi connectivity index (χ0v) is 14.7. The molecule has 0 aliphatic carbocycles. The van der Waals surface area contributed by atoms with E-state index in [1.165, 1.54) is 0 Å². The molecule has 0 saturated carbocycles. The van der Waals surface area contributed by atoms with Crippen LogP contribution < -0.4 is 10.6 Å². The monoisotopic (exact) mass is 326 g/mol. The van der Waals surface area contributed by atoms with Crippen molar-refractivity contribution in [2.45, 2.75) is 39.7 Å². The van der Waals surface area contributed by atoms with Gasteiger partial charge in [0.25, 0.3) is 0 Å². The molecule has 0 fully saturated rings. The summed E-state index contributed by atoms with van der Waals surface area (Å²) in [4.78, 5) is 4.50. The third kappa shape index (κ3) is 8.56. The van der Waals surface area contributed by atoms with Crippen LogP contribution in [0.15, 0.2) is 15.6 Å². The van der Waals surface area contributed by atoms with Gasteiger partial charge in [0.15, 0.2) is 11.7 Å². The molecular formula is C16H30N4O3. The fourth-order valence-corrected chi connectivity index (χ4v) is 1.80. The number of aliphatic imine (C=N–C) groups is 1. The molecule has 23 heavy (non-hydrogen) atoms.